The summed E-state index contributed by atoms with van der Waals surface area (Å²) >= 11 is 1.87. The van der Waals surface area contributed by atoms with Crippen LogP contribution in [0.15, 0.2) is 170 Å². The van der Waals surface area contributed by atoms with E-state index in [0.717, 1.165) is 33.7 Å². The minimum Gasteiger partial charge on any atom is -0.292 e. The molecule has 0 bridgehead atoms. The summed E-state index contributed by atoms with van der Waals surface area (Å²) < 4.78 is 4.91. The number of hydrogen-bond acceptors (Lipinski definition) is 2. The van der Waals surface area contributed by atoms with Crippen LogP contribution < -0.4 is 0 Å². The third-order valence-corrected chi connectivity index (χ3v) is 10.0. The number of imidazole rings is 1. The molecule has 0 atom stereocenters. The zero-order valence-corrected chi connectivity index (χ0v) is 25.8. The summed E-state index contributed by atoms with van der Waals surface area (Å²) in [5.74, 6) is 0.930. The minimum absolute atomic E-state index is 0.930. The zero-order chi connectivity index (χ0) is 30.5. The molecule has 2 nitrogen and oxygen atoms in total. The zero-order valence-electron chi connectivity index (χ0n) is 25.0. The highest BCUT2D eigenvalue weighted by atomic mass is 32.1. The summed E-state index contributed by atoms with van der Waals surface area (Å²) in [5.41, 5.74) is 11.4. The fourth-order valence-electron chi connectivity index (χ4n) is 6.60. The summed E-state index contributed by atoms with van der Waals surface area (Å²) in [4.78, 5) is 5.25. The van der Waals surface area contributed by atoms with Crippen LogP contribution in [0.5, 0.6) is 0 Å². The van der Waals surface area contributed by atoms with E-state index in [1.165, 1.54) is 48.0 Å². The van der Waals surface area contributed by atoms with E-state index in [4.69, 9.17) is 4.98 Å². The number of rotatable bonds is 5. The molecule has 0 aliphatic rings. The van der Waals surface area contributed by atoms with Gasteiger partial charge in [-0.2, -0.15) is 0 Å². The van der Waals surface area contributed by atoms with Crippen molar-refractivity contribution in [2.24, 2.45) is 0 Å². The number of nitrogens with zero attached hydrogens (tertiary/aromatic N) is 2. The van der Waals surface area contributed by atoms with Crippen molar-refractivity contribution in [2.75, 3.05) is 0 Å². The van der Waals surface area contributed by atoms with Crippen LogP contribution in [-0.2, 0) is 0 Å². The molecule has 0 amide bonds. The van der Waals surface area contributed by atoms with Gasteiger partial charge in [0.1, 0.15) is 5.82 Å². The maximum atomic E-state index is 5.25. The molecule has 9 rings (SSSR count). The first-order valence-electron chi connectivity index (χ1n) is 15.5. The number of thiophene rings is 1. The molecule has 2 heterocycles. The van der Waals surface area contributed by atoms with Gasteiger partial charge in [-0.3, -0.25) is 4.57 Å². The topological polar surface area (TPSA) is 17.8 Å². The largest absolute Gasteiger partial charge is 0.292 e. The Bertz CT molecular complexity index is 2510. The van der Waals surface area contributed by atoms with Crippen LogP contribution in [0.1, 0.15) is 0 Å². The average Bonchev–Trinajstić information content (AvgIpc) is 3.71. The molecule has 0 fully saturated rings. The molecule has 0 saturated heterocycles. The third kappa shape index (κ3) is 4.52. The monoisotopic (exact) mass is 604 g/mol. The first kappa shape index (κ1) is 26.6. The van der Waals surface area contributed by atoms with Crippen LogP contribution >= 0.6 is 11.3 Å². The number of benzene rings is 7. The van der Waals surface area contributed by atoms with E-state index in [1.807, 2.05) is 11.3 Å². The Balaban J connectivity index is 1.29. The van der Waals surface area contributed by atoms with Crippen LogP contribution in [-0.4, -0.2) is 9.55 Å². The lowest BCUT2D eigenvalue weighted by molar-refractivity contribution is 1.10. The van der Waals surface area contributed by atoms with Crippen molar-refractivity contribution in [3.8, 4) is 50.5 Å². The molecule has 9 aromatic rings. The fourth-order valence-corrected chi connectivity index (χ4v) is 7.84. The summed E-state index contributed by atoms with van der Waals surface area (Å²) in [7, 11) is 0. The van der Waals surface area contributed by atoms with Gasteiger partial charge >= 0.3 is 0 Å². The van der Waals surface area contributed by atoms with Gasteiger partial charge in [-0.05, 0) is 81.9 Å². The van der Waals surface area contributed by atoms with E-state index in [0.29, 0.717) is 0 Å². The molecule has 46 heavy (non-hydrogen) atoms. The van der Waals surface area contributed by atoms with Gasteiger partial charge in [-0.1, -0.05) is 121 Å². The molecule has 0 unspecified atom stereocenters. The Morgan fingerprint density at radius 1 is 0.435 bits per heavy atom. The number of fused-ring (bicyclic) bond motifs is 4. The van der Waals surface area contributed by atoms with E-state index in [-0.39, 0.29) is 0 Å². The smallest absolute Gasteiger partial charge is 0.145 e. The van der Waals surface area contributed by atoms with Gasteiger partial charge in [0.25, 0.3) is 0 Å². The van der Waals surface area contributed by atoms with Gasteiger partial charge in [0.15, 0.2) is 0 Å². The highest BCUT2D eigenvalue weighted by Crippen LogP contribution is 2.42. The van der Waals surface area contributed by atoms with Crippen LogP contribution in [0.4, 0.5) is 0 Å². The predicted octanol–water partition coefficient (Wildman–Crippen LogP) is 12.1. The van der Waals surface area contributed by atoms with Gasteiger partial charge < -0.3 is 0 Å². The van der Waals surface area contributed by atoms with Gasteiger partial charge in [-0.25, -0.2) is 4.98 Å². The van der Waals surface area contributed by atoms with Crippen LogP contribution in [0.25, 0.3) is 81.7 Å². The quantitative estimate of drug-likeness (QED) is 0.191. The lowest BCUT2D eigenvalue weighted by atomic mass is 9.94. The van der Waals surface area contributed by atoms with E-state index in [9.17, 15) is 0 Å². The Labute approximate surface area is 271 Å². The van der Waals surface area contributed by atoms with Gasteiger partial charge in [-0.15, -0.1) is 11.3 Å². The number of para-hydroxylation sites is 3. The van der Waals surface area contributed by atoms with Crippen molar-refractivity contribution in [3.63, 3.8) is 0 Å². The molecule has 0 aliphatic carbocycles. The lowest BCUT2D eigenvalue weighted by Gasteiger charge is -2.14. The molecule has 0 radical (unpaired) electrons. The Morgan fingerprint density at radius 2 is 1.04 bits per heavy atom. The summed E-state index contributed by atoms with van der Waals surface area (Å²) in [6.07, 6.45) is 0. The third-order valence-electron chi connectivity index (χ3n) is 8.81. The standard InChI is InChI=1S/C43H28N2S/c1-3-12-29(13-4-1)30-22-24-31(25-23-30)32-26-33(36-17-11-18-38-37-16-7-10-21-41(37)46-42(36)38)28-34(27-32)43-44-39-19-8-9-20-40(39)45(43)35-14-5-2-6-15-35/h1-28H. The lowest BCUT2D eigenvalue weighted by Crippen LogP contribution is -1.98. The van der Waals surface area contributed by atoms with Crippen molar-refractivity contribution in [1.82, 2.24) is 9.55 Å². The van der Waals surface area contributed by atoms with Crippen LogP contribution in [0.2, 0.25) is 0 Å². The number of aromatic nitrogens is 2. The normalized spacial score (nSPS) is 11.5. The van der Waals surface area contributed by atoms with Crippen molar-refractivity contribution >= 4 is 42.5 Å². The van der Waals surface area contributed by atoms with Crippen molar-refractivity contribution in [2.45, 2.75) is 0 Å². The maximum Gasteiger partial charge on any atom is 0.145 e. The van der Waals surface area contributed by atoms with Gasteiger partial charge in [0, 0.05) is 31.4 Å². The summed E-state index contributed by atoms with van der Waals surface area (Å²) in [6.45, 7) is 0. The second kappa shape index (κ2) is 11.0. The second-order valence-electron chi connectivity index (χ2n) is 11.6. The molecule has 0 saturated carbocycles. The molecule has 216 valence electrons. The average molecular weight is 605 g/mol. The van der Waals surface area contributed by atoms with Gasteiger partial charge in [0.05, 0.1) is 11.0 Å². The molecule has 3 heteroatoms. The molecule has 7 aromatic carbocycles. The first-order chi connectivity index (χ1) is 22.8. The fraction of sp³-hybridized carbons (Fsp3) is 0. The molecule has 0 aliphatic heterocycles. The van der Waals surface area contributed by atoms with Crippen molar-refractivity contribution in [1.29, 1.82) is 0 Å². The minimum atomic E-state index is 0.930. The molecule has 0 spiro atoms. The Morgan fingerprint density at radius 3 is 1.87 bits per heavy atom. The summed E-state index contributed by atoms with van der Waals surface area (Å²) in [5, 5.41) is 2.61. The van der Waals surface area contributed by atoms with E-state index in [2.05, 4.69) is 174 Å². The molecular weight excluding hydrogens is 577 g/mol. The van der Waals surface area contributed by atoms with E-state index >= 15 is 0 Å². The highest BCUT2D eigenvalue weighted by molar-refractivity contribution is 7.26. The second-order valence-corrected chi connectivity index (χ2v) is 12.7. The molecule has 2 aromatic heterocycles. The Hall–Kier alpha value is -5.77. The van der Waals surface area contributed by atoms with Crippen LogP contribution in [0.3, 0.4) is 0 Å². The SMILES string of the molecule is c1ccc(-c2ccc(-c3cc(-c4cccc5c4sc4ccccc45)cc(-c4nc5ccccc5n4-c4ccccc4)c3)cc2)cc1. The number of hydrogen-bond donors (Lipinski definition) is 0. The Kier molecular flexibility index (Phi) is 6.36. The van der Waals surface area contributed by atoms with Crippen LogP contribution in [0, 0.1) is 0 Å². The predicted molar refractivity (Wildman–Crippen MR) is 196 cm³/mol. The highest BCUT2D eigenvalue weighted by Gasteiger charge is 2.18. The van der Waals surface area contributed by atoms with E-state index < -0.39 is 0 Å². The summed E-state index contributed by atoms with van der Waals surface area (Å²) in [6, 6.07) is 60.8. The molecule has 0 N–H and O–H groups in total. The maximum absolute atomic E-state index is 5.25. The van der Waals surface area contributed by atoms with Crippen molar-refractivity contribution in [3.05, 3.63) is 170 Å². The molecular formula is C43H28N2S. The van der Waals surface area contributed by atoms with E-state index in [1.54, 1.807) is 0 Å². The van der Waals surface area contributed by atoms with Crippen molar-refractivity contribution < 1.29 is 0 Å². The van der Waals surface area contributed by atoms with Gasteiger partial charge in [0.2, 0.25) is 0 Å². The first-order valence-corrected chi connectivity index (χ1v) is 16.4.